The van der Waals surface area contributed by atoms with Crippen LogP contribution < -0.4 is 5.32 Å². The molecule has 1 saturated carbocycles. The Morgan fingerprint density at radius 2 is 2.17 bits per heavy atom. The predicted octanol–water partition coefficient (Wildman–Crippen LogP) is 3.26. The van der Waals surface area contributed by atoms with E-state index in [1.165, 1.54) is 12.1 Å². The Hall–Kier alpha value is -2.70. The first-order chi connectivity index (χ1) is 11.5. The molecule has 0 radical (unpaired) electrons. The minimum absolute atomic E-state index is 0.0645. The quantitative estimate of drug-likeness (QED) is 0.771. The van der Waals surface area contributed by atoms with Gasteiger partial charge in [0.2, 0.25) is 0 Å². The molecule has 1 amide bonds. The molecule has 0 unspecified atom stereocenters. The Labute approximate surface area is 136 Å². The number of carbonyl (C=O) groups is 1. The number of amides is 1. The van der Waals surface area contributed by atoms with Gasteiger partial charge in [0, 0.05) is 35.3 Å². The van der Waals surface area contributed by atoms with Gasteiger partial charge in [-0.25, -0.2) is 8.78 Å². The molecule has 0 atom stereocenters. The number of halogens is 2. The van der Waals surface area contributed by atoms with Crippen LogP contribution in [0, 0.1) is 0 Å². The summed E-state index contributed by atoms with van der Waals surface area (Å²) in [4.78, 5) is 15.5. The molecule has 2 N–H and O–H groups in total. The molecular formula is C17H16F2N4O. The van der Waals surface area contributed by atoms with Gasteiger partial charge in [0.15, 0.2) is 0 Å². The third kappa shape index (κ3) is 2.46. The topological polar surface area (TPSA) is 62.7 Å². The highest BCUT2D eigenvalue weighted by Crippen LogP contribution is 2.45. The first kappa shape index (κ1) is 14.9. The molecule has 124 valence electrons. The van der Waals surface area contributed by atoms with Gasteiger partial charge in [0.1, 0.15) is 5.69 Å². The number of aromatic amines is 1. The van der Waals surface area contributed by atoms with Crippen LogP contribution in [-0.2, 0) is 12.6 Å². The molecule has 1 aliphatic carbocycles. The SMILES string of the molecule is Cn1cc(C2(NC(=O)c3cc4ccc(C(F)F)cc4[nH]3)CC2)cn1. The van der Waals surface area contributed by atoms with Crippen molar-refractivity contribution in [3.8, 4) is 0 Å². The summed E-state index contributed by atoms with van der Waals surface area (Å²) in [6, 6.07) is 6.03. The summed E-state index contributed by atoms with van der Waals surface area (Å²) < 4.78 is 27.3. The van der Waals surface area contributed by atoms with E-state index >= 15 is 0 Å². The number of aromatic nitrogens is 3. The maximum Gasteiger partial charge on any atom is 0.268 e. The molecular weight excluding hydrogens is 314 g/mol. The highest BCUT2D eigenvalue weighted by Gasteiger charge is 2.46. The van der Waals surface area contributed by atoms with Crippen LogP contribution in [0.1, 0.15) is 40.9 Å². The van der Waals surface area contributed by atoms with Crippen LogP contribution in [0.5, 0.6) is 0 Å². The average molecular weight is 330 g/mol. The van der Waals surface area contributed by atoms with E-state index in [1.807, 2.05) is 13.2 Å². The molecule has 3 aromatic rings. The molecule has 1 aliphatic rings. The lowest BCUT2D eigenvalue weighted by Gasteiger charge is -2.15. The van der Waals surface area contributed by atoms with Gasteiger partial charge in [-0.15, -0.1) is 0 Å². The number of H-pyrrole nitrogens is 1. The number of nitrogens with zero attached hydrogens (tertiary/aromatic N) is 2. The van der Waals surface area contributed by atoms with Crippen LogP contribution in [0.2, 0.25) is 0 Å². The largest absolute Gasteiger partial charge is 0.351 e. The summed E-state index contributed by atoms with van der Waals surface area (Å²) in [5.41, 5.74) is 1.45. The van der Waals surface area contributed by atoms with Gasteiger partial charge in [-0.3, -0.25) is 9.48 Å². The Morgan fingerprint density at radius 3 is 2.79 bits per heavy atom. The number of alkyl halides is 2. The lowest BCUT2D eigenvalue weighted by molar-refractivity contribution is 0.0926. The molecule has 0 spiro atoms. The Balaban J connectivity index is 1.59. The summed E-state index contributed by atoms with van der Waals surface area (Å²) in [6.07, 6.45) is 2.84. The maximum absolute atomic E-state index is 12.8. The fourth-order valence-corrected chi connectivity index (χ4v) is 2.97. The van der Waals surface area contributed by atoms with Crippen LogP contribution >= 0.6 is 0 Å². The van der Waals surface area contributed by atoms with Crippen LogP contribution in [-0.4, -0.2) is 20.7 Å². The predicted molar refractivity (Wildman–Crippen MR) is 84.8 cm³/mol. The number of nitrogens with one attached hydrogen (secondary N) is 2. The van der Waals surface area contributed by atoms with E-state index in [2.05, 4.69) is 15.4 Å². The van der Waals surface area contributed by atoms with E-state index in [0.29, 0.717) is 11.2 Å². The molecule has 0 saturated heterocycles. The molecule has 24 heavy (non-hydrogen) atoms. The summed E-state index contributed by atoms with van der Waals surface area (Å²) >= 11 is 0. The zero-order chi connectivity index (χ0) is 16.9. The van der Waals surface area contributed by atoms with E-state index < -0.39 is 6.43 Å². The van der Waals surface area contributed by atoms with E-state index in [1.54, 1.807) is 23.0 Å². The second-order valence-corrected chi connectivity index (χ2v) is 6.27. The summed E-state index contributed by atoms with van der Waals surface area (Å²) in [5.74, 6) is -0.244. The van der Waals surface area contributed by atoms with Gasteiger partial charge in [-0.2, -0.15) is 5.10 Å². The van der Waals surface area contributed by atoms with Crippen molar-refractivity contribution in [1.82, 2.24) is 20.1 Å². The van der Waals surface area contributed by atoms with Crippen LogP contribution in [0.25, 0.3) is 10.9 Å². The van der Waals surface area contributed by atoms with E-state index in [4.69, 9.17) is 0 Å². The van der Waals surface area contributed by atoms with Gasteiger partial charge in [-0.05, 0) is 25.0 Å². The van der Waals surface area contributed by atoms with Crippen molar-refractivity contribution in [2.45, 2.75) is 24.8 Å². The van der Waals surface area contributed by atoms with Crippen LogP contribution in [0.15, 0.2) is 36.7 Å². The van der Waals surface area contributed by atoms with Crippen molar-refractivity contribution in [1.29, 1.82) is 0 Å². The third-order valence-electron chi connectivity index (χ3n) is 4.50. The average Bonchev–Trinajstić information content (AvgIpc) is 3.00. The fourth-order valence-electron chi connectivity index (χ4n) is 2.97. The lowest BCUT2D eigenvalue weighted by atomic mass is 10.1. The second kappa shape index (κ2) is 5.15. The first-order valence-electron chi connectivity index (χ1n) is 7.69. The van der Waals surface area contributed by atoms with Crippen LogP contribution in [0.4, 0.5) is 8.78 Å². The Morgan fingerprint density at radius 1 is 1.38 bits per heavy atom. The molecule has 2 heterocycles. The number of aryl methyl sites for hydroxylation is 1. The molecule has 0 bridgehead atoms. The van der Waals surface area contributed by atoms with Crippen molar-refractivity contribution in [2.24, 2.45) is 7.05 Å². The number of rotatable bonds is 4. The van der Waals surface area contributed by atoms with Gasteiger partial charge in [-0.1, -0.05) is 12.1 Å². The molecule has 1 fully saturated rings. The minimum atomic E-state index is -2.53. The van der Waals surface area contributed by atoms with E-state index in [9.17, 15) is 13.6 Å². The Bertz CT molecular complexity index is 924. The molecule has 7 heteroatoms. The van der Waals surface area contributed by atoms with E-state index in [-0.39, 0.29) is 17.0 Å². The maximum atomic E-state index is 12.8. The number of benzene rings is 1. The van der Waals surface area contributed by atoms with Gasteiger partial charge in [0.25, 0.3) is 12.3 Å². The molecule has 5 nitrogen and oxygen atoms in total. The second-order valence-electron chi connectivity index (χ2n) is 6.27. The van der Waals surface area contributed by atoms with E-state index in [0.717, 1.165) is 23.8 Å². The smallest absolute Gasteiger partial charge is 0.268 e. The highest BCUT2D eigenvalue weighted by molar-refractivity contribution is 5.98. The zero-order valence-electron chi connectivity index (χ0n) is 13.0. The molecule has 4 rings (SSSR count). The van der Waals surface area contributed by atoms with Crippen molar-refractivity contribution in [3.63, 3.8) is 0 Å². The summed E-state index contributed by atoms with van der Waals surface area (Å²) in [6.45, 7) is 0. The standard InChI is InChI=1S/C17H16F2N4O/c1-23-9-12(8-20-23)17(4-5-17)22-16(24)14-6-10-2-3-11(15(18)19)7-13(10)21-14/h2-3,6-9,15,21H,4-5H2,1H3,(H,22,24). The number of hydrogen-bond donors (Lipinski definition) is 2. The summed E-state index contributed by atoms with van der Waals surface area (Å²) in [7, 11) is 1.83. The van der Waals surface area contributed by atoms with Gasteiger partial charge < -0.3 is 10.3 Å². The molecule has 0 aliphatic heterocycles. The fraction of sp³-hybridized carbons (Fsp3) is 0.294. The van der Waals surface area contributed by atoms with Gasteiger partial charge in [0.05, 0.1) is 11.7 Å². The lowest BCUT2D eigenvalue weighted by Crippen LogP contribution is -2.34. The highest BCUT2D eigenvalue weighted by atomic mass is 19.3. The van der Waals surface area contributed by atoms with Crippen molar-refractivity contribution < 1.29 is 13.6 Å². The zero-order valence-corrected chi connectivity index (χ0v) is 13.0. The molecule has 2 aromatic heterocycles. The minimum Gasteiger partial charge on any atom is -0.351 e. The summed E-state index contributed by atoms with van der Waals surface area (Å²) in [5, 5.41) is 7.92. The normalized spacial score (nSPS) is 15.8. The first-order valence-corrected chi connectivity index (χ1v) is 7.69. The third-order valence-corrected chi connectivity index (χ3v) is 4.50. The molecule has 1 aromatic carbocycles. The van der Waals surface area contributed by atoms with Crippen LogP contribution in [0.3, 0.4) is 0 Å². The van der Waals surface area contributed by atoms with Crippen molar-refractivity contribution in [3.05, 3.63) is 53.5 Å². The van der Waals surface area contributed by atoms with Crippen molar-refractivity contribution in [2.75, 3.05) is 0 Å². The monoisotopic (exact) mass is 330 g/mol. The Kier molecular flexibility index (Phi) is 3.19. The number of carbonyl (C=O) groups excluding carboxylic acids is 1. The van der Waals surface area contributed by atoms with Gasteiger partial charge >= 0.3 is 0 Å². The van der Waals surface area contributed by atoms with Crippen molar-refractivity contribution >= 4 is 16.8 Å². The number of hydrogen-bond acceptors (Lipinski definition) is 2. The number of fused-ring (bicyclic) bond motifs is 1.